The number of hydrogen-bond donors (Lipinski definition) is 3. The number of aromatic nitrogens is 2. The average Bonchev–Trinajstić information content (AvgIpc) is 3.72. The summed E-state index contributed by atoms with van der Waals surface area (Å²) in [5.41, 5.74) is -1.30. The van der Waals surface area contributed by atoms with E-state index in [1.807, 2.05) is 60.7 Å². The van der Waals surface area contributed by atoms with Crippen molar-refractivity contribution in [2.45, 2.75) is 243 Å². The van der Waals surface area contributed by atoms with E-state index in [2.05, 4.69) is 37.1 Å². The highest BCUT2D eigenvalue weighted by molar-refractivity contribution is 5.57. The largest absolute Gasteiger partial charge is 0.394 e. The molecule has 9 heteroatoms. The monoisotopic (exact) mass is 967 g/mol. The van der Waals surface area contributed by atoms with E-state index in [4.69, 9.17) is 14.2 Å². The Morgan fingerprint density at radius 3 is 1.43 bits per heavy atom. The van der Waals surface area contributed by atoms with Gasteiger partial charge in [0.2, 0.25) is 0 Å². The second-order valence-corrected chi connectivity index (χ2v) is 20.7. The molecular weight excluding hydrogens is 873 g/mol. The van der Waals surface area contributed by atoms with Gasteiger partial charge in [-0.1, -0.05) is 254 Å². The lowest BCUT2D eigenvalue weighted by molar-refractivity contribution is -0.204. The van der Waals surface area contributed by atoms with Crippen molar-refractivity contribution in [2.24, 2.45) is 0 Å². The van der Waals surface area contributed by atoms with Gasteiger partial charge in [0.05, 0.1) is 31.3 Å². The summed E-state index contributed by atoms with van der Waals surface area (Å²) in [5.74, 6) is -0.988. The van der Waals surface area contributed by atoms with Crippen LogP contribution in [0.25, 0.3) is 0 Å². The predicted molar refractivity (Wildman–Crippen MR) is 287 cm³/mol. The van der Waals surface area contributed by atoms with Crippen molar-refractivity contribution in [3.05, 3.63) is 128 Å². The molecule has 0 bridgehead atoms. The maximum Gasteiger partial charge on any atom is 0.330 e. The summed E-state index contributed by atoms with van der Waals surface area (Å²) in [6, 6.07) is 19.9. The van der Waals surface area contributed by atoms with Crippen LogP contribution in [-0.2, 0) is 25.4 Å². The maximum atomic E-state index is 14.2. The van der Waals surface area contributed by atoms with Gasteiger partial charge in [-0.3, -0.25) is 14.3 Å². The molecule has 5 rings (SSSR count). The Bertz CT molecular complexity index is 1970. The summed E-state index contributed by atoms with van der Waals surface area (Å²) in [4.78, 5) is 29.7. The number of rotatable bonds is 38. The van der Waals surface area contributed by atoms with E-state index in [1.165, 1.54) is 165 Å². The van der Waals surface area contributed by atoms with Gasteiger partial charge in [-0.2, -0.15) is 0 Å². The van der Waals surface area contributed by atoms with Gasteiger partial charge in [0.15, 0.2) is 11.5 Å². The van der Waals surface area contributed by atoms with Crippen molar-refractivity contribution in [1.82, 2.24) is 9.55 Å². The number of aliphatic hydroxyl groups excluding tert-OH is 2. The third kappa shape index (κ3) is 16.5. The van der Waals surface area contributed by atoms with Crippen LogP contribution in [0.4, 0.5) is 0 Å². The van der Waals surface area contributed by atoms with Crippen LogP contribution in [0.15, 0.2) is 100 Å². The van der Waals surface area contributed by atoms with Gasteiger partial charge >= 0.3 is 5.69 Å². The SMILES string of the molecule is CCCCCCCCCCCCCCCCOC1(OCCCCCCCCCCCCCCCC)C=CC(C(c2ccccc2)(c2ccccc2)[C@]2(n3cc(C)c(=O)[nH]c3=O)C[C@H](O)[C@@H](CO)O2)=CC1. The molecule has 1 saturated heterocycles. The van der Waals surface area contributed by atoms with Crippen molar-refractivity contribution in [3.63, 3.8) is 0 Å². The standard InChI is InChI=1S/C61H94N2O7/c1-4-6-8-10-12-14-16-18-20-22-24-26-28-36-46-68-59(69-47-37-29-27-25-23-21-19-17-15-13-11-9-7-5-2)44-42-54(43-45-59)61(52-38-32-30-33-39-52,53-40-34-31-35-41-53)60(48-55(65)56(50-64)70-60)63-49-51(3)57(66)62-58(63)67/h30-35,38-44,49,55-56,64-65H,4-29,36-37,45-48,50H2,1-3H3,(H,62,66,67)/t55-,56+,60-/m0/s1. The minimum absolute atomic E-state index is 0.0466. The smallest absolute Gasteiger partial charge is 0.330 e. The lowest BCUT2D eigenvalue weighted by atomic mass is 9.60. The highest BCUT2D eigenvalue weighted by atomic mass is 16.7. The Balaban J connectivity index is 1.32. The van der Waals surface area contributed by atoms with Crippen LogP contribution >= 0.6 is 0 Å². The molecule has 0 amide bonds. The van der Waals surface area contributed by atoms with E-state index in [-0.39, 0.29) is 6.42 Å². The van der Waals surface area contributed by atoms with Crippen molar-refractivity contribution in [2.75, 3.05) is 19.8 Å². The first-order valence-electron chi connectivity index (χ1n) is 28.4. The highest BCUT2D eigenvalue weighted by Gasteiger charge is 2.64. The third-order valence-corrected chi connectivity index (χ3v) is 15.2. The summed E-state index contributed by atoms with van der Waals surface area (Å²) in [6.45, 7) is 6.91. The second-order valence-electron chi connectivity index (χ2n) is 20.7. The molecule has 0 spiro atoms. The molecule has 9 nitrogen and oxygen atoms in total. The van der Waals surface area contributed by atoms with E-state index >= 15 is 0 Å². The van der Waals surface area contributed by atoms with Gasteiger partial charge < -0.3 is 24.4 Å². The highest BCUT2D eigenvalue weighted by Crippen LogP contribution is 2.58. The first-order chi connectivity index (χ1) is 34.3. The molecule has 390 valence electrons. The van der Waals surface area contributed by atoms with E-state index < -0.39 is 47.0 Å². The number of aromatic amines is 1. The molecule has 1 aromatic heterocycles. The number of aryl methyl sites for hydroxylation is 1. The Hall–Kier alpha value is -3.60. The molecule has 2 aromatic carbocycles. The molecule has 2 aliphatic rings. The molecule has 0 saturated carbocycles. The summed E-state index contributed by atoms with van der Waals surface area (Å²) in [7, 11) is 0. The number of aliphatic hydroxyl groups is 2. The fourth-order valence-electron chi connectivity index (χ4n) is 11.1. The Morgan fingerprint density at radius 2 is 1.06 bits per heavy atom. The molecule has 0 unspecified atom stereocenters. The Labute approximate surface area is 422 Å². The number of benzene rings is 2. The number of H-pyrrole nitrogens is 1. The zero-order valence-corrected chi connectivity index (χ0v) is 44.0. The summed E-state index contributed by atoms with van der Waals surface area (Å²) < 4.78 is 22.1. The lowest BCUT2D eigenvalue weighted by Gasteiger charge is -2.51. The molecule has 1 aliphatic carbocycles. The van der Waals surface area contributed by atoms with Gasteiger partial charge in [0.25, 0.3) is 5.56 Å². The topological polar surface area (TPSA) is 123 Å². The average molecular weight is 967 g/mol. The van der Waals surface area contributed by atoms with Gasteiger partial charge in [0.1, 0.15) is 6.10 Å². The Kier molecular flexibility index (Phi) is 26.0. The number of nitrogens with zero attached hydrogens (tertiary/aromatic N) is 1. The molecule has 0 radical (unpaired) electrons. The number of allylic oxidation sites excluding steroid dienone is 1. The molecule has 1 fully saturated rings. The molecule has 3 aromatic rings. The fourth-order valence-corrected chi connectivity index (χ4v) is 11.1. The van der Waals surface area contributed by atoms with E-state index in [1.54, 1.807) is 6.92 Å². The van der Waals surface area contributed by atoms with E-state index in [0.29, 0.717) is 25.2 Å². The van der Waals surface area contributed by atoms with Crippen LogP contribution in [0, 0.1) is 6.92 Å². The minimum Gasteiger partial charge on any atom is -0.394 e. The molecule has 70 heavy (non-hydrogen) atoms. The van der Waals surface area contributed by atoms with Gasteiger partial charge in [0, 0.05) is 24.6 Å². The molecule has 2 heterocycles. The predicted octanol–water partition coefficient (Wildman–Crippen LogP) is 14.2. The van der Waals surface area contributed by atoms with Gasteiger partial charge in [-0.25, -0.2) is 4.79 Å². The second kappa shape index (κ2) is 31.8. The van der Waals surface area contributed by atoms with Crippen LogP contribution in [0.1, 0.15) is 223 Å². The fraction of sp³-hybridized carbons (Fsp3) is 0.672. The quantitative estimate of drug-likeness (QED) is 0.0386. The van der Waals surface area contributed by atoms with E-state index in [0.717, 1.165) is 42.4 Å². The number of unbranched alkanes of at least 4 members (excludes halogenated alkanes) is 26. The van der Waals surface area contributed by atoms with E-state index in [9.17, 15) is 19.8 Å². The van der Waals surface area contributed by atoms with Crippen molar-refractivity contribution in [3.8, 4) is 0 Å². The number of nitrogens with one attached hydrogen (secondary N) is 1. The van der Waals surface area contributed by atoms with Gasteiger partial charge in [-0.05, 0) is 42.5 Å². The zero-order valence-electron chi connectivity index (χ0n) is 44.0. The van der Waals surface area contributed by atoms with Crippen LogP contribution in [-0.4, -0.2) is 57.6 Å². The number of hydrogen-bond acceptors (Lipinski definition) is 7. The maximum absolute atomic E-state index is 14.2. The van der Waals surface area contributed by atoms with Crippen molar-refractivity contribution < 1.29 is 24.4 Å². The lowest BCUT2D eigenvalue weighted by Crippen LogP contribution is -2.59. The number of ether oxygens (including phenoxy) is 3. The van der Waals surface area contributed by atoms with Crippen LogP contribution < -0.4 is 11.2 Å². The Morgan fingerprint density at radius 1 is 0.643 bits per heavy atom. The summed E-state index contributed by atoms with van der Waals surface area (Å²) in [6.07, 6.45) is 42.3. The van der Waals surface area contributed by atoms with Crippen LogP contribution in [0.2, 0.25) is 0 Å². The summed E-state index contributed by atoms with van der Waals surface area (Å²) in [5, 5.41) is 22.4. The third-order valence-electron chi connectivity index (χ3n) is 15.2. The normalized spacial score (nSPS) is 19.0. The van der Waals surface area contributed by atoms with Crippen LogP contribution in [0.3, 0.4) is 0 Å². The molecule has 1 aliphatic heterocycles. The molecular formula is C61H94N2O7. The molecule has 3 N–H and O–H groups in total. The summed E-state index contributed by atoms with van der Waals surface area (Å²) >= 11 is 0. The van der Waals surface area contributed by atoms with Crippen molar-refractivity contribution >= 4 is 0 Å². The van der Waals surface area contributed by atoms with Gasteiger partial charge in [-0.15, -0.1) is 0 Å². The first-order valence-corrected chi connectivity index (χ1v) is 28.4. The minimum atomic E-state index is -1.64. The van der Waals surface area contributed by atoms with Crippen molar-refractivity contribution in [1.29, 1.82) is 0 Å². The first kappa shape index (κ1) is 57.3. The molecule has 3 atom stereocenters. The van der Waals surface area contributed by atoms with Crippen LogP contribution in [0.5, 0.6) is 0 Å². The zero-order chi connectivity index (χ0) is 49.8.